The van der Waals surface area contributed by atoms with Gasteiger partial charge >= 0.3 is 7.12 Å². The molecule has 2 aliphatic heterocycles. The van der Waals surface area contributed by atoms with Gasteiger partial charge in [0.2, 0.25) is 5.91 Å². The zero-order valence-corrected chi connectivity index (χ0v) is 17.9. The third-order valence-electron chi connectivity index (χ3n) is 6.31. The highest BCUT2D eigenvalue weighted by atomic mass is 16.7. The number of hydrogen-bond acceptors (Lipinski definition) is 5. The summed E-state index contributed by atoms with van der Waals surface area (Å²) in [4.78, 5) is 14.6. The molecular weight excluding hydrogens is 357 g/mol. The summed E-state index contributed by atoms with van der Waals surface area (Å²) in [5.74, 6) is 0.809. The molecule has 0 aromatic heterocycles. The molecule has 1 aromatic rings. The summed E-state index contributed by atoms with van der Waals surface area (Å²) in [6.45, 7) is 9.61. The van der Waals surface area contributed by atoms with E-state index in [9.17, 15) is 4.79 Å². The molecule has 0 bridgehead atoms. The number of carbonyl (C=O) groups excluding carboxylic acids is 1. The first kappa shape index (κ1) is 21.2. The van der Waals surface area contributed by atoms with Gasteiger partial charge in [0.15, 0.2) is 0 Å². The number of methoxy groups -OCH3 is 2. The van der Waals surface area contributed by atoms with E-state index in [1.54, 1.807) is 14.2 Å². The minimum atomic E-state index is -0.447. The van der Waals surface area contributed by atoms with Gasteiger partial charge in [-0.25, -0.2) is 0 Å². The third-order valence-corrected chi connectivity index (χ3v) is 6.31. The summed E-state index contributed by atoms with van der Waals surface area (Å²) in [6, 6.07) is 5.82. The van der Waals surface area contributed by atoms with E-state index in [4.69, 9.17) is 18.8 Å². The maximum absolute atomic E-state index is 12.7. The number of piperidine rings is 1. The minimum absolute atomic E-state index is 0.122. The van der Waals surface area contributed by atoms with Crippen molar-refractivity contribution < 1.29 is 23.6 Å². The van der Waals surface area contributed by atoms with Crippen molar-refractivity contribution in [2.45, 2.75) is 64.3 Å². The number of hydrogen-bond donors (Lipinski definition) is 0. The van der Waals surface area contributed by atoms with Crippen LogP contribution >= 0.6 is 0 Å². The lowest BCUT2D eigenvalue weighted by Gasteiger charge is -2.32. The molecule has 0 aliphatic carbocycles. The number of rotatable bonds is 5. The third kappa shape index (κ3) is 4.21. The van der Waals surface area contributed by atoms with E-state index in [0.717, 1.165) is 37.0 Å². The van der Waals surface area contributed by atoms with Gasteiger partial charge in [-0.1, -0.05) is 12.1 Å². The van der Waals surface area contributed by atoms with Crippen LogP contribution in [0.2, 0.25) is 0 Å². The van der Waals surface area contributed by atoms with Crippen LogP contribution in [0.15, 0.2) is 18.2 Å². The Labute approximate surface area is 168 Å². The predicted molar refractivity (Wildman–Crippen MR) is 109 cm³/mol. The highest BCUT2D eigenvalue weighted by molar-refractivity contribution is 6.62. The smallest absolute Gasteiger partial charge is 0.494 e. The summed E-state index contributed by atoms with van der Waals surface area (Å²) in [5.41, 5.74) is 0.982. The predicted octanol–water partition coefficient (Wildman–Crippen LogP) is 2.17. The van der Waals surface area contributed by atoms with E-state index in [1.807, 2.05) is 50.8 Å². The topological polar surface area (TPSA) is 57.2 Å². The van der Waals surface area contributed by atoms with Gasteiger partial charge in [0, 0.05) is 25.8 Å². The normalized spacial score (nSPS) is 21.8. The Bertz CT molecular complexity index is 697. The van der Waals surface area contributed by atoms with Crippen molar-refractivity contribution in [2.24, 2.45) is 0 Å². The monoisotopic (exact) mass is 389 g/mol. The van der Waals surface area contributed by atoms with Crippen LogP contribution < -0.4 is 10.2 Å². The second-order valence-corrected chi connectivity index (χ2v) is 8.65. The van der Waals surface area contributed by atoms with Crippen LogP contribution in [0.4, 0.5) is 0 Å². The number of likely N-dealkylation sites (tertiary alicyclic amines) is 1. The fraction of sp³-hybridized carbons (Fsp3) is 0.667. The molecule has 154 valence electrons. The van der Waals surface area contributed by atoms with Gasteiger partial charge in [-0.2, -0.15) is 0 Å². The van der Waals surface area contributed by atoms with Crippen molar-refractivity contribution >= 4 is 18.5 Å². The van der Waals surface area contributed by atoms with E-state index in [2.05, 4.69) is 0 Å². The molecule has 0 saturated carbocycles. The molecule has 0 unspecified atom stereocenters. The van der Waals surface area contributed by atoms with Gasteiger partial charge in [-0.05, 0) is 52.1 Å². The second kappa shape index (κ2) is 8.05. The van der Waals surface area contributed by atoms with Crippen LogP contribution in [0, 0.1) is 0 Å². The lowest BCUT2D eigenvalue weighted by atomic mass is 9.78. The Morgan fingerprint density at radius 3 is 2.29 bits per heavy atom. The summed E-state index contributed by atoms with van der Waals surface area (Å²) in [5, 5.41) is 0. The van der Waals surface area contributed by atoms with E-state index in [-0.39, 0.29) is 12.0 Å². The summed E-state index contributed by atoms with van der Waals surface area (Å²) < 4.78 is 23.2. The van der Waals surface area contributed by atoms with Crippen LogP contribution in [0.5, 0.6) is 5.75 Å². The average molecular weight is 389 g/mol. The Kier molecular flexibility index (Phi) is 6.08. The molecule has 1 amide bonds. The lowest BCUT2D eigenvalue weighted by Crippen LogP contribution is -2.41. The molecule has 2 aliphatic rings. The van der Waals surface area contributed by atoms with Crippen molar-refractivity contribution in [3.8, 4) is 5.75 Å². The molecule has 28 heavy (non-hydrogen) atoms. The molecule has 0 spiro atoms. The van der Waals surface area contributed by atoms with Crippen molar-refractivity contribution in [1.29, 1.82) is 0 Å². The summed E-state index contributed by atoms with van der Waals surface area (Å²) in [7, 11) is 2.91. The van der Waals surface area contributed by atoms with Crippen molar-refractivity contribution in [1.82, 2.24) is 4.90 Å². The zero-order valence-electron chi connectivity index (χ0n) is 17.9. The molecule has 6 nitrogen and oxygen atoms in total. The number of carbonyl (C=O) groups is 1. The molecule has 0 radical (unpaired) electrons. The molecular formula is C21H32BNO5. The second-order valence-electron chi connectivity index (χ2n) is 8.65. The van der Waals surface area contributed by atoms with E-state index in [1.165, 1.54) is 0 Å². The molecule has 1 aromatic carbocycles. The quantitative estimate of drug-likeness (QED) is 0.723. The first-order chi connectivity index (χ1) is 13.2. The number of benzene rings is 1. The molecule has 7 heteroatoms. The zero-order chi connectivity index (χ0) is 20.5. The van der Waals surface area contributed by atoms with Crippen molar-refractivity contribution in [3.05, 3.63) is 23.8 Å². The van der Waals surface area contributed by atoms with E-state index < -0.39 is 18.3 Å². The molecule has 0 N–H and O–H groups in total. The van der Waals surface area contributed by atoms with Gasteiger partial charge in [-0.3, -0.25) is 4.79 Å². The maximum Gasteiger partial charge on any atom is 0.494 e. The first-order valence-electron chi connectivity index (χ1n) is 10.00. The van der Waals surface area contributed by atoms with Gasteiger partial charge < -0.3 is 23.7 Å². The first-order valence-corrected chi connectivity index (χ1v) is 10.00. The number of ether oxygens (including phenoxy) is 2. The van der Waals surface area contributed by atoms with Gasteiger partial charge in [-0.15, -0.1) is 0 Å². The van der Waals surface area contributed by atoms with Crippen LogP contribution in [0.3, 0.4) is 0 Å². The summed E-state index contributed by atoms with van der Waals surface area (Å²) >= 11 is 0. The van der Waals surface area contributed by atoms with Crippen molar-refractivity contribution in [3.63, 3.8) is 0 Å². The SMILES string of the molecule is COc1cc(B2OC(C)(C)C(C)(C)O2)ccc1CC(=O)N1CCC(OC)CC1. The number of nitrogens with zero attached hydrogens (tertiary/aromatic N) is 1. The average Bonchev–Trinajstić information content (AvgIpc) is 2.89. The van der Waals surface area contributed by atoms with Crippen LogP contribution in [-0.4, -0.2) is 62.5 Å². The summed E-state index contributed by atoms with van der Waals surface area (Å²) in [6.07, 6.45) is 2.36. The van der Waals surface area contributed by atoms with E-state index in [0.29, 0.717) is 12.2 Å². The Hall–Kier alpha value is -1.57. The van der Waals surface area contributed by atoms with Crippen LogP contribution in [-0.2, 0) is 25.3 Å². The fourth-order valence-corrected chi connectivity index (χ4v) is 3.65. The fourth-order valence-electron chi connectivity index (χ4n) is 3.65. The van der Waals surface area contributed by atoms with Gasteiger partial charge in [0.05, 0.1) is 30.8 Å². The molecule has 2 fully saturated rings. The largest absolute Gasteiger partial charge is 0.496 e. The Morgan fingerprint density at radius 2 is 1.75 bits per heavy atom. The molecule has 2 heterocycles. The lowest BCUT2D eigenvalue weighted by molar-refractivity contribution is -0.132. The Balaban J connectivity index is 1.70. The molecule has 3 rings (SSSR count). The standard InChI is InChI=1S/C21H32BNO5/c1-20(2)21(3,4)28-22(27-20)16-8-7-15(18(14-16)26-6)13-19(24)23-11-9-17(25-5)10-12-23/h7-8,14,17H,9-13H2,1-6H3. The maximum atomic E-state index is 12.7. The van der Waals surface area contributed by atoms with Gasteiger partial charge in [0.25, 0.3) is 0 Å². The van der Waals surface area contributed by atoms with Crippen LogP contribution in [0.1, 0.15) is 46.1 Å². The minimum Gasteiger partial charge on any atom is -0.496 e. The molecule has 0 atom stereocenters. The highest BCUT2D eigenvalue weighted by Crippen LogP contribution is 2.36. The van der Waals surface area contributed by atoms with E-state index >= 15 is 0 Å². The highest BCUT2D eigenvalue weighted by Gasteiger charge is 2.51. The van der Waals surface area contributed by atoms with Crippen molar-refractivity contribution in [2.75, 3.05) is 27.3 Å². The number of amides is 1. The van der Waals surface area contributed by atoms with Crippen LogP contribution in [0.25, 0.3) is 0 Å². The van der Waals surface area contributed by atoms with Gasteiger partial charge in [0.1, 0.15) is 5.75 Å². The Morgan fingerprint density at radius 1 is 1.14 bits per heavy atom. The molecule has 2 saturated heterocycles.